The van der Waals surface area contributed by atoms with Gasteiger partial charge in [-0.1, -0.05) is 0 Å². The minimum atomic E-state index is -3.50. The Bertz CT molecular complexity index is 370. The minimum absolute atomic E-state index is 0.0382. The van der Waals surface area contributed by atoms with Crippen LogP contribution in [0.15, 0.2) is 12.4 Å². The van der Waals surface area contributed by atoms with Gasteiger partial charge in [-0.05, 0) is 0 Å². The summed E-state index contributed by atoms with van der Waals surface area (Å²) in [4.78, 5) is 3.60. The molecule has 64 valence electrons. The van der Waals surface area contributed by atoms with Crippen LogP contribution in [0.5, 0.6) is 0 Å². The van der Waals surface area contributed by atoms with Crippen LogP contribution in [0.4, 0.5) is 0 Å². The molecule has 1 heterocycles. The molecule has 0 saturated carbocycles. The third-order valence-corrected chi connectivity index (χ3v) is 3.07. The highest BCUT2D eigenvalue weighted by molar-refractivity contribution is 7.87. The SMILES string of the molecule is [B]c1nccn1S(=O)(=O)N(C)C. The smallest absolute Gasteiger partial charge is 0.253 e. The molecule has 0 amide bonds. The van der Waals surface area contributed by atoms with Gasteiger partial charge in [-0.15, -0.1) is 0 Å². The third kappa shape index (κ3) is 1.37. The van der Waals surface area contributed by atoms with Crippen LogP contribution < -0.4 is 5.72 Å². The van der Waals surface area contributed by atoms with Crippen LogP contribution in [0.1, 0.15) is 0 Å². The normalized spacial score (nSPS) is 12.2. The molecule has 0 fully saturated rings. The van der Waals surface area contributed by atoms with Gasteiger partial charge in [0.25, 0.3) is 0 Å². The maximum absolute atomic E-state index is 11.4. The van der Waals surface area contributed by atoms with Crippen molar-refractivity contribution in [3.05, 3.63) is 12.4 Å². The van der Waals surface area contributed by atoms with Crippen LogP contribution in [-0.4, -0.2) is 43.6 Å². The Morgan fingerprint density at radius 1 is 1.58 bits per heavy atom. The third-order valence-electron chi connectivity index (χ3n) is 1.34. The van der Waals surface area contributed by atoms with Crippen LogP contribution in [0.3, 0.4) is 0 Å². The number of rotatable bonds is 2. The van der Waals surface area contributed by atoms with Gasteiger partial charge in [0.2, 0.25) is 0 Å². The second kappa shape index (κ2) is 2.91. The lowest BCUT2D eigenvalue weighted by Crippen LogP contribution is -2.35. The number of hydrogen-bond donors (Lipinski definition) is 0. The lowest BCUT2D eigenvalue weighted by molar-refractivity contribution is 0.512. The minimum Gasteiger partial charge on any atom is -0.253 e. The standard InChI is InChI=1S/C5H8BN3O2S/c1-8(2)12(10,11)9-4-3-7-5(9)6/h3-4H,1-2H3. The van der Waals surface area contributed by atoms with Crippen molar-refractivity contribution in [2.24, 2.45) is 0 Å². The van der Waals surface area contributed by atoms with Crippen molar-refractivity contribution in [1.29, 1.82) is 0 Å². The predicted molar refractivity (Wildman–Crippen MR) is 45.6 cm³/mol. The fourth-order valence-electron chi connectivity index (χ4n) is 0.675. The summed E-state index contributed by atoms with van der Waals surface area (Å²) in [6.07, 6.45) is 2.63. The van der Waals surface area contributed by atoms with Gasteiger partial charge in [-0.25, -0.2) is 3.97 Å². The first-order chi connectivity index (χ1) is 5.46. The van der Waals surface area contributed by atoms with Crippen LogP contribution in [0, 0.1) is 0 Å². The van der Waals surface area contributed by atoms with Gasteiger partial charge in [0, 0.05) is 26.5 Å². The molecule has 0 N–H and O–H groups in total. The van der Waals surface area contributed by atoms with Crippen molar-refractivity contribution in [2.75, 3.05) is 14.1 Å². The van der Waals surface area contributed by atoms with Gasteiger partial charge in [-0.2, -0.15) is 12.7 Å². The molecule has 2 radical (unpaired) electrons. The van der Waals surface area contributed by atoms with Crippen LogP contribution >= 0.6 is 0 Å². The lowest BCUT2D eigenvalue weighted by atomic mass is 10.1. The van der Waals surface area contributed by atoms with E-state index in [1.807, 2.05) is 0 Å². The van der Waals surface area contributed by atoms with Crippen LogP contribution in [0.25, 0.3) is 0 Å². The molecule has 0 aliphatic heterocycles. The molecule has 0 unspecified atom stereocenters. The Kier molecular flexibility index (Phi) is 2.25. The van der Waals surface area contributed by atoms with E-state index in [1.54, 1.807) is 0 Å². The number of imidazole rings is 1. The van der Waals surface area contributed by atoms with Gasteiger partial charge in [0.05, 0.1) is 5.72 Å². The first-order valence-electron chi connectivity index (χ1n) is 3.18. The predicted octanol–water partition coefficient (Wildman–Crippen LogP) is -1.67. The largest absolute Gasteiger partial charge is 0.307 e. The summed E-state index contributed by atoms with van der Waals surface area (Å²) in [5, 5.41) is 0. The van der Waals surface area contributed by atoms with Gasteiger partial charge < -0.3 is 0 Å². The van der Waals surface area contributed by atoms with E-state index in [0.29, 0.717) is 0 Å². The number of aromatic nitrogens is 2. The van der Waals surface area contributed by atoms with E-state index < -0.39 is 10.2 Å². The summed E-state index contributed by atoms with van der Waals surface area (Å²) in [6.45, 7) is 0. The topological polar surface area (TPSA) is 55.2 Å². The molecule has 0 aromatic carbocycles. The van der Waals surface area contributed by atoms with Crippen LogP contribution in [-0.2, 0) is 10.2 Å². The van der Waals surface area contributed by atoms with E-state index in [0.717, 1.165) is 8.28 Å². The van der Waals surface area contributed by atoms with E-state index in [1.165, 1.54) is 26.5 Å². The average molecular weight is 185 g/mol. The summed E-state index contributed by atoms with van der Waals surface area (Å²) >= 11 is 0. The van der Waals surface area contributed by atoms with Gasteiger partial charge >= 0.3 is 10.2 Å². The Morgan fingerprint density at radius 3 is 2.50 bits per heavy atom. The molecule has 5 nitrogen and oxygen atoms in total. The Balaban J connectivity index is 3.24. The van der Waals surface area contributed by atoms with Crippen molar-refractivity contribution < 1.29 is 8.42 Å². The van der Waals surface area contributed by atoms with E-state index >= 15 is 0 Å². The van der Waals surface area contributed by atoms with Gasteiger partial charge in [0.15, 0.2) is 7.85 Å². The van der Waals surface area contributed by atoms with Crippen molar-refractivity contribution in [1.82, 2.24) is 13.3 Å². The molecule has 12 heavy (non-hydrogen) atoms. The summed E-state index contributed by atoms with van der Waals surface area (Å²) in [5.74, 6) is 0. The van der Waals surface area contributed by atoms with Crippen molar-refractivity contribution >= 4 is 23.8 Å². The summed E-state index contributed by atoms with van der Waals surface area (Å²) in [6, 6.07) is 0. The van der Waals surface area contributed by atoms with Crippen molar-refractivity contribution in [3.8, 4) is 0 Å². The van der Waals surface area contributed by atoms with E-state index in [-0.39, 0.29) is 5.72 Å². The maximum atomic E-state index is 11.4. The molecule has 1 rings (SSSR count). The summed E-state index contributed by atoms with van der Waals surface area (Å²) in [5.41, 5.74) is -0.0382. The molecular formula is C5H8BN3O2S. The fraction of sp³-hybridized carbons (Fsp3) is 0.400. The second-order valence-electron chi connectivity index (χ2n) is 2.37. The highest BCUT2D eigenvalue weighted by atomic mass is 32.2. The zero-order chi connectivity index (χ0) is 9.35. The maximum Gasteiger partial charge on any atom is 0.307 e. The first kappa shape index (κ1) is 9.27. The fourth-order valence-corrected chi connectivity index (χ4v) is 1.52. The quantitative estimate of drug-likeness (QED) is 0.517. The molecule has 0 bridgehead atoms. The summed E-state index contributed by atoms with van der Waals surface area (Å²) < 4.78 is 24.7. The Morgan fingerprint density at radius 2 is 2.17 bits per heavy atom. The van der Waals surface area contributed by atoms with E-state index in [9.17, 15) is 8.42 Å². The van der Waals surface area contributed by atoms with E-state index in [4.69, 9.17) is 7.85 Å². The second-order valence-corrected chi connectivity index (χ2v) is 4.39. The van der Waals surface area contributed by atoms with Crippen molar-refractivity contribution in [2.45, 2.75) is 0 Å². The van der Waals surface area contributed by atoms with E-state index in [2.05, 4.69) is 4.98 Å². The molecule has 1 aromatic heterocycles. The number of nitrogens with zero attached hydrogens (tertiary/aromatic N) is 3. The highest BCUT2D eigenvalue weighted by Gasteiger charge is 2.16. The molecule has 0 aliphatic rings. The molecule has 1 aromatic rings. The Labute approximate surface area is 72.6 Å². The zero-order valence-corrected chi connectivity index (χ0v) is 7.61. The van der Waals surface area contributed by atoms with Crippen molar-refractivity contribution in [3.63, 3.8) is 0 Å². The molecule has 0 aliphatic carbocycles. The molecular weight excluding hydrogens is 177 g/mol. The zero-order valence-electron chi connectivity index (χ0n) is 6.80. The first-order valence-corrected chi connectivity index (χ1v) is 4.58. The molecule has 0 atom stereocenters. The average Bonchev–Trinajstić information content (AvgIpc) is 2.35. The Hall–Kier alpha value is -0.815. The molecule has 0 spiro atoms. The molecule has 0 saturated heterocycles. The lowest BCUT2D eigenvalue weighted by Gasteiger charge is -2.12. The monoisotopic (exact) mass is 185 g/mol. The van der Waals surface area contributed by atoms with Gasteiger partial charge in [0.1, 0.15) is 0 Å². The molecule has 7 heteroatoms. The van der Waals surface area contributed by atoms with Crippen LogP contribution in [0.2, 0.25) is 0 Å². The summed E-state index contributed by atoms with van der Waals surface area (Å²) in [7, 11) is 4.66. The highest BCUT2D eigenvalue weighted by Crippen LogP contribution is 1.96. The van der Waals surface area contributed by atoms with Gasteiger partial charge in [-0.3, -0.25) is 4.98 Å². The number of hydrogen-bond acceptors (Lipinski definition) is 3.